The lowest BCUT2D eigenvalue weighted by molar-refractivity contribution is -0.140. The van der Waals surface area contributed by atoms with Crippen molar-refractivity contribution >= 4 is 28.5 Å². The molecule has 6 rings (SSSR count). The number of carbonyl (C=O) groups excluding carboxylic acids is 2. The molecule has 1 aliphatic rings. The number of anilines is 1. The van der Waals surface area contributed by atoms with E-state index in [4.69, 9.17) is 23.7 Å². The van der Waals surface area contributed by atoms with E-state index >= 15 is 0 Å². The Kier molecular flexibility index (Phi) is 8.31. The second kappa shape index (κ2) is 12.8. The Morgan fingerprint density at radius 2 is 1.73 bits per heavy atom. The van der Waals surface area contributed by atoms with E-state index in [-0.39, 0.29) is 19.9 Å². The predicted molar refractivity (Wildman–Crippen MR) is 162 cm³/mol. The number of amides is 2. The van der Waals surface area contributed by atoms with Crippen molar-refractivity contribution in [1.29, 1.82) is 0 Å². The fourth-order valence-corrected chi connectivity index (χ4v) is 5.18. The molecule has 0 saturated heterocycles. The van der Waals surface area contributed by atoms with Crippen LogP contribution in [0.1, 0.15) is 17.2 Å². The first-order valence-electron chi connectivity index (χ1n) is 14.0. The van der Waals surface area contributed by atoms with Gasteiger partial charge in [-0.25, -0.2) is 4.68 Å². The zero-order chi connectivity index (χ0) is 31.3. The highest BCUT2D eigenvalue weighted by atomic mass is 16.7. The number of ether oxygens (including phenoxy) is 5. The number of para-hydroxylation sites is 1. The van der Waals surface area contributed by atoms with E-state index in [0.717, 1.165) is 0 Å². The first-order chi connectivity index (χ1) is 22.0. The van der Waals surface area contributed by atoms with E-state index < -0.39 is 17.9 Å². The molecule has 0 bridgehead atoms. The quantitative estimate of drug-likeness (QED) is 0.234. The zero-order valence-corrected chi connectivity index (χ0v) is 24.8. The van der Waals surface area contributed by atoms with Crippen molar-refractivity contribution in [2.45, 2.75) is 19.1 Å². The minimum atomic E-state index is -1.17. The number of nitrogens with one attached hydrogen (secondary N) is 1. The summed E-state index contributed by atoms with van der Waals surface area (Å²) in [4.78, 5) is 34.4. The van der Waals surface area contributed by atoms with Gasteiger partial charge in [-0.2, -0.15) is 0 Å². The van der Waals surface area contributed by atoms with Crippen molar-refractivity contribution in [2.24, 2.45) is 0 Å². The third-order valence-electron chi connectivity index (χ3n) is 7.30. The van der Waals surface area contributed by atoms with E-state index in [2.05, 4.69) is 20.6 Å². The third-order valence-corrected chi connectivity index (χ3v) is 7.30. The summed E-state index contributed by atoms with van der Waals surface area (Å²) in [6.07, 6.45) is 3.29. The SMILES string of the molecule is COc1cc([C@H](C(=O)Nc2ccc3c(c2)OCO3)N(Cc2cccnc2)C(=O)Cn2nnc3ccccc32)cc(OC)c1OC. The highest BCUT2D eigenvalue weighted by molar-refractivity contribution is 5.98. The largest absolute Gasteiger partial charge is 0.493 e. The van der Waals surface area contributed by atoms with Crippen molar-refractivity contribution in [3.8, 4) is 28.7 Å². The minimum Gasteiger partial charge on any atom is -0.493 e. The molecule has 1 atom stereocenters. The van der Waals surface area contributed by atoms with Crippen LogP contribution in [0.15, 0.2) is 79.1 Å². The van der Waals surface area contributed by atoms with Gasteiger partial charge < -0.3 is 33.9 Å². The van der Waals surface area contributed by atoms with Crippen LogP contribution in [0.3, 0.4) is 0 Å². The van der Waals surface area contributed by atoms with E-state index in [1.807, 2.05) is 30.3 Å². The number of pyridine rings is 1. The fourth-order valence-electron chi connectivity index (χ4n) is 5.18. The molecule has 13 nitrogen and oxygen atoms in total. The number of benzene rings is 3. The van der Waals surface area contributed by atoms with Crippen molar-refractivity contribution in [1.82, 2.24) is 24.9 Å². The van der Waals surface area contributed by atoms with Crippen LogP contribution in [0.25, 0.3) is 11.0 Å². The normalized spacial score (nSPS) is 12.4. The predicted octanol–water partition coefficient (Wildman–Crippen LogP) is 3.99. The molecule has 1 N–H and O–H groups in total. The minimum absolute atomic E-state index is 0.0508. The van der Waals surface area contributed by atoms with Crippen LogP contribution >= 0.6 is 0 Å². The van der Waals surface area contributed by atoms with E-state index in [0.29, 0.717) is 56.6 Å². The van der Waals surface area contributed by atoms with Gasteiger partial charge in [0, 0.05) is 30.7 Å². The molecule has 3 heterocycles. The van der Waals surface area contributed by atoms with Gasteiger partial charge in [0.15, 0.2) is 23.0 Å². The fraction of sp³-hybridized carbons (Fsp3) is 0.219. The molecule has 0 radical (unpaired) electrons. The van der Waals surface area contributed by atoms with Crippen LogP contribution in [0.4, 0.5) is 5.69 Å². The molecule has 0 saturated carbocycles. The number of methoxy groups -OCH3 is 3. The molecule has 2 amide bonds. The summed E-state index contributed by atoms with van der Waals surface area (Å²) in [6, 6.07) is 18.1. The monoisotopic (exact) mass is 610 g/mol. The van der Waals surface area contributed by atoms with Gasteiger partial charge in [-0.05, 0) is 53.6 Å². The van der Waals surface area contributed by atoms with Gasteiger partial charge in [0.2, 0.25) is 18.4 Å². The van der Waals surface area contributed by atoms with Crippen LogP contribution < -0.4 is 29.0 Å². The molecular formula is C32H30N6O7. The molecule has 0 aliphatic carbocycles. The number of rotatable bonds is 11. The number of fused-ring (bicyclic) bond motifs is 2. The highest BCUT2D eigenvalue weighted by Crippen LogP contribution is 2.42. The summed E-state index contributed by atoms with van der Waals surface area (Å²) >= 11 is 0. The zero-order valence-electron chi connectivity index (χ0n) is 24.8. The van der Waals surface area contributed by atoms with Gasteiger partial charge in [-0.1, -0.05) is 23.4 Å². The summed E-state index contributed by atoms with van der Waals surface area (Å²) in [6.45, 7) is -0.0423. The van der Waals surface area contributed by atoms with E-state index in [1.54, 1.807) is 48.8 Å². The van der Waals surface area contributed by atoms with Crippen molar-refractivity contribution < 1.29 is 33.3 Å². The van der Waals surface area contributed by atoms with Crippen molar-refractivity contribution in [3.63, 3.8) is 0 Å². The topological polar surface area (TPSA) is 139 Å². The van der Waals surface area contributed by atoms with Gasteiger partial charge >= 0.3 is 0 Å². The van der Waals surface area contributed by atoms with Crippen LogP contribution in [0, 0.1) is 0 Å². The summed E-state index contributed by atoms with van der Waals surface area (Å²) < 4.78 is 29.2. The second-order valence-corrected chi connectivity index (χ2v) is 10.0. The van der Waals surface area contributed by atoms with Gasteiger partial charge in [0.1, 0.15) is 18.1 Å². The Balaban J connectivity index is 1.45. The van der Waals surface area contributed by atoms with Crippen molar-refractivity contribution in [3.05, 3.63) is 90.3 Å². The Hall–Kier alpha value is -5.85. The molecule has 5 aromatic rings. The number of carbonyl (C=O) groups is 2. The van der Waals surface area contributed by atoms with E-state index in [1.165, 1.54) is 30.9 Å². The van der Waals surface area contributed by atoms with Crippen LogP contribution in [-0.2, 0) is 22.7 Å². The Morgan fingerprint density at radius 3 is 2.47 bits per heavy atom. The van der Waals surface area contributed by atoms with Gasteiger partial charge in [0.05, 0.1) is 26.8 Å². The summed E-state index contributed by atoms with van der Waals surface area (Å²) in [5, 5.41) is 11.3. The lowest BCUT2D eigenvalue weighted by atomic mass is 10.0. The summed E-state index contributed by atoms with van der Waals surface area (Å²) in [7, 11) is 4.46. The van der Waals surface area contributed by atoms with Crippen LogP contribution in [0.2, 0.25) is 0 Å². The number of nitrogens with zero attached hydrogens (tertiary/aromatic N) is 5. The molecule has 2 aromatic heterocycles. The maximum Gasteiger partial charge on any atom is 0.251 e. The maximum absolute atomic E-state index is 14.4. The first kappa shape index (κ1) is 29.2. The molecular weight excluding hydrogens is 580 g/mol. The Labute approximate surface area is 258 Å². The maximum atomic E-state index is 14.4. The molecule has 0 unspecified atom stereocenters. The molecule has 3 aromatic carbocycles. The first-order valence-corrected chi connectivity index (χ1v) is 14.0. The lowest BCUT2D eigenvalue weighted by Crippen LogP contribution is -2.42. The number of hydrogen-bond acceptors (Lipinski definition) is 10. The van der Waals surface area contributed by atoms with Crippen LogP contribution in [0.5, 0.6) is 28.7 Å². The molecule has 0 spiro atoms. The average molecular weight is 611 g/mol. The van der Waals surface area contributed by atoms with E-state index in [9.17, 15) is 9.59 Å². The van der Waals surface area contributed by atoms with Gasteiger partial charge in [-0.15, -0.1) is 5.10 Å². The summed E-state index contributed by atoms with van der Waals surface area (Å²) in [5.74, 6) is 1.17. The third kappa shape index (κ3) is 6.00. The summed E-state index contributed by atoms with van der Waals surface area (Å²) in [5.41, 5.74) is 2.91. The molecule has 13 heteroatoms. The standard InChI is InChI=1S/C32H30N6O7/c1-41-27-13-21(14-28(42-2)31(27)43-3)30(32(40)34-22-10-11-25-26(15-22)45-19-44-25)37(17-20-7-6-12-33-16-20)29(39)18-38-24-9-5-4-8-23(24)35-36-38/h4-16,30H,17-19H2,1-3H3,(H,34,40)/t30-/m1/s1. The Morgan fingerprint density at radius 1 is 0.956 bits per heavy atom. The van der Waals surface area contributed by atoms with Crippen molar-refractivity contribution in [2.75, 3.05) is 33.4 Å². The molecule has 1 aliphatic heterocycles. The average Bonchev–Trinajstić information content (AvgIpc) is 3.71. The van der Waals surface area contributed by atoms with Gasteiger partial charge in [-0.3, -0.25) is 14.6 Å². The molecule has 230 valence electrons. The van der Waals surface area contributed by atoms with Gasteiger partial charge in [0.25, 0.3) is 5.91 Å². The number of hydrogen-bond donors (Lipinski definition) is 1. The lowest BCUT2D eigenvalue weighted by Gasteiger charge is -2.32. The number of aromatic nitrogens is 4. The molecule has 45 heavy (non-hydrogen) atoms. The molecule has 0 fully saturated rings. The highest BCUT2D eigenvalue weighted by Gasteiger charge is 2.34. The van der Waals surface area contributed by atoms with Crippen LogP contribution in [-0.4, -0.2) is 64.8 Å². The smallest absolute Gasteiger partial charge is 0.251 e. The Bertz CT molecular complexity index is 1820. The second-order valence-electron chi connectivity index (χ2n) is 10.0.